The Kier molecular flexibility index (Phi) is 3.99. The van der Waals surface area contributed by atoms with Gasteiger partial charge in [0.25, 0.3) is 0 Å². The maximum Gasteiger partial charge on any atom is 0.357 e. The average Bonchev–Trinajstić information content (AvgIpc) is 2.14. The summed E-state index contributed by atoms with van der Waals surface area (Å²) in [6, 6.07) is 5.28. The predicted octanol–water partition coefficient (Wildman–Crippen LogP) is 0.577. The van der Waals surface area contributed by atoms with E-state index >= 15 is 0 Å². The minimum atomic E-state index is -4.26. The lowest BCUT2D eigenvalue weighted by molar-refractivity contribution is 0.254. The second-order valence-electron chi connectivity index (χ2n) is 2.67. The van der Waals surface area contributed by atoms with Crippen molar-refractivity contribution < 1.29 is 17.8 Å². The lowest BCUT2D eigenvalue weighted by atomic mass is 10.3. The molecule has 0 saturated heterocycles. The Bertz CT molecular complexity index is 471. The number of nitrogens with two attached hydrogens (primary N) is 1. The van der Waals surface area contributed by atoms with Crippen molar-refractivity contribution in [2.75, 3.05) is 4.72 Å². The van der Waals surface area contributed by atoms with E-state index < -0.39 is 16.3 Å². The molecule has 0 unspecified atom stereocenters. The number of carbonyl (C=O) groups excluding carboxylic acids is 1. The second-order valence-corrected chi connectivity index (χ2v) is 4.70. The standard InChI is InChI=1S/C7H9N3O4S2/c8-7(11)9-15-6-3-1-5(2-4-6)10-16(12,13)14/h1-4,10H,(H3,8,9,11)(H,12,13,14). The van der Waals surface area contributed by atoms with Gasteiger partial charge in [0, 0.05) is 4.90 Å². The molecule has 0 heterocycles. The zero-order chi connectivity index (χ0) is 12.2. The van der Waals surface area contributed by atoms with Gasteiger partial charge >= 0.3 is 16.3 Å². The summed E-state index contributed by atoms with van der Waals surface area (Å²) in [6.07, 6.45) is 0. The fourth-order valence-corrected chi connectivity index (χ4v) is 1.77. The van der Waals surface area contributed by atoms with Crippen LogP contribution < -0.4 is 15.2 Å². The molecule has 0 bridgehead atoms. The van der Waals surface area contributed by atoms with E-state index in [1.54, 1.807) is 12.1 Å². The zero-order valence-corrected chi connectivity index (χ0v) is 9.51. The number of hydrogen-bond donors (Lipinski definition) is 4. The molecule has 5 N–H and O–H groups in total. The second kappa shape index (κ2) is 5.05. The lowest BCUT2D eigenvalue weighted by Crippen LogP contribution is -2.22. The summed E-state index contributed by atoms with van der Waals surface area (Å²) in [6.45, 7) is 0. The van der Waals surface area contributed by atoms with Gasteiger partial charge in [0.1, 0.15) is 0 Å². The van der Waals surface area contributed by atoms with E-state index in [9.17, 15) is 13.2 Å². The van der Waals surface area contributed by atoms with Crippen molar-refractivity contribution in [1.82, 2.24) is 4.72 Å². The van der Waals surface area contributed by atoms with Gasteiger partial charge in [-0.25, -0.2) is 4.79 Å². The van der Waals surface area contributed by atoms with Crippen molar-refractivity contribution in [3.63, 3.8) is 0 Å². The van der Waals surface area contributed by atoms with Crippen LogP contribution in [-0.2, 0) is 10.3 Å². The van der Waals surface area contributed by atoms with Crippen LogP contribution in [0.5, 0.6) is 0 Å². The van der Waals surface area contributed by atoms with Gasteiger partial charge in [-0.3, -0.25) is 14.0 Å². The lowest BCUT2D eigenvalue weighted by Gasteiger charge is -2.04. The highest BCUT2D eigenvalue weighted by Gasteiger charge is 2.03. The van der Waals surface area contributed by atoms with Crippen LogP contribution >= 0.6 is 11.9 Å². The van der Waals surface area contributed by atoms with Crippen molar-refractivity contribution in [2.45, 2.75) is 4.90 Å². The number of benzene rings is 1. The summed E-state index contributed by atoms with van der Waals surface area (Å²) in [7, 11) is -4.26. The first kappa shape index (κ1) is 12.6. The Balaban J connectivity index is 2.64. The molecule has 0 aliphatic heterocycles. The molecule has 2 amide bonds. The van der Waals surface area contributed by atoms with E-state index in [4.69, 9.17) is 10.3 Å². The summed E-state index contributed by atoms with van der Waals surface area (Å²) >= 11 is 0.991. The smallest absolute Gasteiger partial charge is 0.351 e. The summed E-state index contributed by atoms with van der Waals surface area (Å²) < 4.78 is 33.6. The number of anilines is 1. The van der Waals surface area contributed by atoms with Crippen LogP contribution in [0, 0.1) is 0 Å². The third-order valence-corrected chi connectivity index (χ3v) is 2.68. The van der Waals surface area contributed by atoms with E-state index in [-0.39, 0.29) is 5.69 Å². The molecule has 9 heteroatoms. The van der Waals surface area contributed by atoms with Gasteiger partial charge in [-0.1, -0.05) is 0 Å². The Morgan fingerprint density at radius 3 is 2.31 bits per heavy atom. The van der Waals surface area contributed by atoms with Crippen LogP contribution in [0.2, 0.25) is 0 Å². The molecule has 0 aliphatic carbocycles. The molecule has 0 aromatic heterocycles. The number of amides is 2. The number of nitrogens with one attached hydrogen (secondary N) is 2. The molecule has 7 nitrogen and oxygen atoms in total. The van der Waals surface area contributed by atoms with Crippen LogP contribution in [0.15, 0.2) is 29.2 Å². The number of urea groups is 1. The van der Waals surface area contributed by atoms with Gasteiger partial charge in [0.15, 0.2) is 0 Å². The normalized spacial score (nSPS) is 10.8. The van der Waals surface area contributed by atoms with Crippen molar-refractivity contribution in [3.8, 4) is 0 Å². The Morgan fingerprint density at radius 1 is 1.31 bits per heavy atom. The van der Waals surface area contributed by atoms with E-state index in [0.717, 1.165) is 11.9 Å². The summed E-state index contributed by atoms with van der Waals surface area (Å²) in [5.74, 6) is 0. The van der Waals surface area contributed by atoms with E-state index in [2.05, 4.69) is 4.72 Å². The first-order valence-corrected chi connectivity index (χ1v) is 6.20. The topological polar surface area (TPSA) is 122 Å². The predicted molar refractivity (Wildman–Crippen MR) is 60.2 cm³/mol. The van der Waals surface area contributed by atoms with E-state index in [1.807, 2.05) is 4.72 Å². The van der Waals surface area contributed by atoms with Gasteiger partial charge in [-0.15, -0.1) is 0 Å². The molecule has 16 heavy (non-hydrogen) atoms. The maximum absolute atomic E-state index is 10.5. The summed E-state index contributed by atoms with van der Waals surface area (Å²) in [5.41, 5.74) is 5.07. The highest BCUT2D eigenvalue weighted by Crippen LogP contribution is 2.17. The summed E-state index contributed by atoms with van der Waals surface area (Å²) in [4.78, 5) is 11.1. The molecule has 0 aliphatic rings. The third-order valence-electron chi connectivity index (χ3n) is 1.37. The van der Waals surface area contributed by atoms with E-state index in [1.165, 1.54) is 12.1 Å². The molecule has 1 aromatic rings. The highest BCUT2D eigenvalue weighted by molar-refractivity contribution is 7.98. The van der Waals surface area contributed by atoms with Crippen LogP contribution in [0.25, 0.3) is 0 Å². The first-order chi connectivity index (χ1) is 7.37. The van der Waals surface area contributed by atoms with Gasteiger partial charge in [0.05, 0.1) is 5.69 Å². The Hall–Kier alpha value is -1.45. The van der Waals surface area contributed by atoms with Gasteiger partial charge in [0.2, 0.25) is 0 Å². The molecular weight excluding hydrogens is 254 g/mol. The van der Waals surface area contributed by atoms with Crippen LogP contribution in [0.4, 0.5) is 10.5 Å². The van der Waals surface area contributed by atoms with Crippen molar-refractivity contribution in [2.24, 2.45) is 5.73 Å². The van der Waals surface area contributed by atoms with Gasteiger partial charge in [-0.05, 0) is 36.2 Å². The Morgan fingerprint density at radius 2 is 1.88 bits per heavy atom. The fraction of sp³-hybridized carbons (Fsp3) is 0. The number of hydrogen-bond acceptors (Lipinski definition) is 4. The van der Waals surface area contributed by atoms with Crippen molar-refractivity contribution >= 4 is 34.0 Å². The average molecular weight is 263 g/mol. The molecule has 0 saturated carbocycles. The van der Waals surface area contributed by atoms with Gasteiger partial charge in [-0.2, -0.15) is 8.42 Å². The molecule has 0 spiro atoms. The molecule has 0 radical (unpaired) electrons. The molecular formula is C7H9N3O4S2. The molecule has 88 valence electrons. The minimum absolute atomic E-state index is 0.214. The van der Waals surface area contributed by atoms with Crippen molar-refractivity contribution in [1.29, 1.82) is 0 Å². The monoisotopic (exact) mass is 263 g/mol. The fourth-order valence-electron chi connectivity index (χ4n) is 0.849. The summed E-state index contributed by atoms with van der Waals surface area (Å²) in [5, 5.41) is 0. The van der Waals surface area contributed by atoms with Crippen LogP contribution in [0.1, 0.15) is 0 Å². The van der Waals surface area contributed by atoms with Crippen LogP contribution in [0.3, 0.4) is 0 Å². The molecule has 0 fully saturated rings. The Labute approximate surface area is 96.4 Å². The third kappa shape index (κ3) is 4.87. The zero-order valence-electron chi connectivity index (χ0n) is 7.88. The van der Waals surface area contributed by atoms with E-state index in [0.29, 0.717) is 4.90 Å². The molecule has 0 atom stereocenters. The number of carbonyl (C=O) groups is 1. The van der Waals surface area contributed by atoms with Crippen LogP contribution in [-0.4, -0.2) is 19.0 Å². The highest BCUT2D eigenvalue weighted by atomic mass is 32.2. The minimum Gasteiger partial charge on any atom is -0.351 e. The number of primary amides is 1. The largest absolute Gasteiger partial charge is 0.357 e. The van der Waals surface area contributed by atoms with Crippen molar-refractivity contribution in [3.05, 3.63) is 24.3 Å². The quantitative estimate of drug-likeness (QED) is 0.467. The van der Waals surface area contributed by atoms with Gasteiger partial charge < -0.3 is 5.73 Å². The number of rotatable bonds is 4. The molecule has 1 aromatic carbocycles. The first-order valence-electron chi connectivity index (χ1n) is 3.94. The maximum atomic E-state index is 10.5. The SMILES string of the molecule is NC(=O)NSc1ccc(NS(=O)(=O)O)cc1. The molecule has 1 rings (SSSR count).